The molecule has 2 N–H and O–H groups in total. The van der Waals surface area contributed by atoms with Crippen LogP contribution in [-0.4, -0.2) is 26.0 Å². The summed E-state index contributed by atoms with van der Waals surface area (Å²) in [6.45, 7) is 4.23. The van der Waals surface area contributed by atoms with Crippen molar-refractivity contribution in [2.24, 2.45) is 0 Å². The summed E-state index contributed by atoms with van der Waals surface area (Å²) in [7, 11) is 0. The zero-order valence-corrected chi connectivity index (χ0v) is 12.3. The number of nitrogens with zero attached hydrogens (tertiary/aromatic N) is 3. The molecule has 1 heterocycles. The quantitative estimate of drug-likeness (QED) is 0.852. The second kappa shape index (κ2) is 6.99. The van der Waals surface area contributed by atoms with Gasteiger partial charge >= 0.3 is 0 Å². The molecule has 1 amide bonds. The van der Waals surface area contributed by atoms with E-state index in [1.807, 2.05) is 31.2 Å². The molecule has 2 rings (SSSR count). The standard InChI is InChI=1S/C15H20N4O2/c1-11-5-3-6-13(9-11)16-15(21)7-4-8-19-10-14(12(2)20)17-18-19/h3,5-6,9-10,12,20H,4,7-8H2,1-2H3,(H,16,21). The first-order chi connectivity index (χ1) is 10.0. The Morgan fingerprint density at radius 1 is 1.48 bits per heavy atom. The number of aliphatic hydroxyl groups is 1. The Labute approximate surface area is 123 Å². The number of anilines is 1. The molecule has 1 unspecified atom stereocenters. The van der Waals surface area contributed by atoms with Gasteiger partial charge in [-0.15, -0.1) is 5.10 Å². The van der Waals surface area contributed by atoms with Crippen LogP contribution in [-0.2, 0) is 11.3 Å². The molecule has 0 bridgehead atoms. The van der Waals surface area contributed by atoms with Gasteiger partial charge in [0.05, 0.1) is 12.3 Å². The van der Waals surface area contributed by atoms with E-state index in [1.54, 1.807) is 17.8 Å². The van der Waals surface area contributed by atoms with Crippen molar-refractivity contribution in [3.05, 3.63) is 41.7 Å². The van der Waals surface area contributed by atoms with Crippen LogP contribution in [0, 0.1) is 6.92 Å². The molecule has 1 aromatic carbocycles. The van der Waals surface area contributed by atoms with E-state index < -0.39 is 6.10 Å². The summed E-state index contributed by atoms with van der Waals surface area (Å²) in [5, 5.41) is 20.0. The number of carbonyl (C=O) groups excluding carboxylic acids is 1. The van der Waals surface area contributed by atoms with E-state index in [0.717, 1.165) is 11.3 Å². The molecule has 1 aromatic heterocycles. The highest BCUT2D eigenvalue weighted by atomic mass is 16.3. The summed E-state index contributed by atoms with van der Waals surface area (Å²) in [6.07, 6.45) is 2.16. The molecule has 0 radical (unpaired) electrons. The molecular formula is C15H20N4O2. The minimum absolute atomic E-state index is 0.0172. The van der Waals surface area contributed by atoms with Gasteiger partial charge in [0.1, 0.15) is 5.69 Å². The minimum Gasteiger partial charge on any atom is -0.387 e. The van der Waals surface area contributed by atoms with E-state index in [9.17, 15) is 9.90 Å². The lowest BCUT2D eigenvalue weighted by Crippen LogP contribution is -2.12. The minimum atomic E-state index is -0.622. The normalized spacial score (nSPS) is 12.1. The summed E-state index contributed by atoms with van der Waals surface area (Å²) in [4.78, 5) is 11.8. The van der Waals surface area contributed by atoms with Crippen LogP contribution in [0.15, 0.2) is 30.5 Å². The average molecular weight is 288 g/mol. The number of hydrogen-bond donors (Lipinski definition) is 2. The fourth-order valence-corrected chi connectivity index (χ4v) is 1.96. The molecule has 2 aromatic rings. The second-order valence-electron chi connectivity index (χ2n) is 5.10. The summed E-state index contributed by atoms with van der Waals surface area (Å²) in [5.74, 6) is -0.0172. The van der Waals surface area contributed by atoms with Crippen molar-refractivity contribution in [2.75, 3.05) is 5.32 Å². The molecule has 6 nitrogen and oxygen atoms in total. The van der Waals surface area contributed by atoms with Crippen LogP contribution in [0.2, 0.25) is 0 Å². The van der Waals surface area contributed by atoms with Gasteiger partial charge in [0.25, 0.3) is 0 Å². The molecule has 0 aliphatic heterocycles. The van der Waals surface area contributed by atoms with E-state index in [4.69, 9.17) is 0 Å². The number of amides is 1. The highest BCUT2D eigenvalue weighted by molar-refractivity contribution is 5.90. The van der Waals surface area contributed by atoms with E-state index in [-0.39, 0.29) is 5.91 Å². The van der Waals surface area contributed by atoms with Crippen molar-refractivity contribution in [3.8, 4) is 0 Å². The Morgan fingerprint density at radius 2 is 2.29 bits per heavy atom. The maximum absolute atomic E-state index is 11.8. The molecule has 0 fully saturated rings. The van der Waals surface area contributed by atoms with E-state index in [1.165, 1.54) is 0 Å². The molecule has 6 heteroatoms. The van der Waals surface area contributed by atoms with Gasteiger partial charge in [-0.2, -0.15) is 0 Å². The highest BCUT2D eigenvalue weighted by Gasteiger charge is 2.07. The molecular weight excluding hydrogens is 268 g/mol. The van der Waals surface area contributed by atoms with Crippen LogP contribution < -0.4 is 5.32 Å². The van der Waals surface area contributed by atoms with Crippen LogP contribution in [0.5, 0.6) is 0 Å². The maximum Gasteiger partial charge on any atom is 0.224 e. The molecule has 112 valence electrons. The van der Waals surface area contributed by atoms with Gasteiger partial charge in [0, 0.05) is 18.7 Å². The number of aryl methyl sites for hydroxylation is 2. The second-order valence-corrected chi connectivity index (χ2v) is 5.10. The Kier molecular flexibility index (Phi) is 5.05. The Bertz CT molecular complexity index is 607. The van der Waals surface area contributed by atoms with Crippen molar-refractivity contribution in [3.63, 3.8) is 0 Å². The predicted octanol–water partition coefficient (Wildman–Crippen LogP) is 2.06. The third-order valence-electron chi connectivity index (χ3n) is 3.08. The summed E-state index contributed by atoms with van der Waals surface area (Å²) in [5.41, 5.74) is 2.47. The highest BCUT2D eigenvalue weighted by Crippen LogP contribution is 2.11. The zero-order chi connectivity index (χ0) is 15.2. The zero-order valence-electron chi connectivity index (χ0n) is 12.3. The van der Waals surface area contributed by atoms with Gasteiger partial charge in [0.15, 0.2) is 0 Å². The van der Waals surface area contributed by atoms with E-state index >= 15 is 0 Å². The molecule has 0 aliphatic rings. The Hall–Kier alpha value is -2.21. The number of carbonyl (C=O) groups is 1. The number of rotatable bonds is 6. The van der Waals surface area contributed by atoms with Crippen LogP contribution in [0.1, 0.15) is 37.1 Å². The van der Waals surface area contributed by atoms with Gasteiger partial charge in [-0.25, -0.2) is 0 Å². The van der Waals surface area contributed by atoms with Crippen molar-refractivity contribution in [1.29, 1.82) is 0 Å². The number of aromatic nitrogens is 3. The third kappa shape index (κ3) is 4.68. The number of nitrogens with one attached hydrogen (secondary N) is 1. The van der Waals surface area contributed by atoms with Crippen molar-refractivity contribution >= 4 is 11.6 Å². The monoisotopic (exact) mass is 288 g/mol. The molecule has 0 saturated heterocycles. The van der Waals surface area contributed by atoms with Crippen molar-refractivity contribution in [2.45, 2.75) is 39.3 Å². The maximum atomic E-state index is 11.8. The predicted molar refractivity (Wildman–Crippen MR) is 79.7 cm³/mol. The molecule has 0 aliphatic carbocycles. The molecule has 21 heavy (non-hydrogen) atoms. The van der Waals surface area contributed by atoms with Crippen LogP contribution >= 0.6 is 0 Å². The van der Waals surface area contributed by atoms with Gasteiger partial charge in [-0.3, -0.25) is 9.48 Å². The van der Waals surface area contributed by atoms with Crippen molar-refractivity contribution in [1.82, 2.24) is 15.0 Å². The number of hydrogen-bond acceptors (Lipinski definition) is 4. The van der Waals surface area contributed by atoms with E-state index in [2.05, 4.69) is 15.6 Å². The van der Waals surface area contributed by atoms with Gasteiger partial charge in [0.2, 0.25) is 5.91 Å². The van der Waals surface area contributed by atoms with Crippen LogP contribution in [0.25, 0.3) is 0 Å². The molecule has 0 saturated carbocycles. The van der Waals surface area contributed by atoms with Gasteiger partial charge < -0.3 is 10.4 Å². The van der Waals surface area contributed by atoms with Gasteiger partial charge in [-0.05, 0) is 38.0 Å². The molecule has 1 atom stereocenters. The summed E-state index contributed by atoms with van der Waals surface area (Å²) < 4.78 is 1.64. The fourth-order valence-electron chi connectivity index (χ4n) is 1.96. The lowest BCUT2D eigenvalue weighted by molar-refractivity contribution is -0.116. The summed E-state index contributed by atoms with van der Waals surface area (Å²) >= 11 is 0. The lowest BCUT2D eigenvalue weighted by atomic mass is 10.2. The van der Waals surface area contributed by atoms with Crippen molar-refractivity contribution < 1.29 is 9.90 Å². The van der Waals surface area contributed by atoms with E-state index in [0.29, 0.717) is 25.1 Å². The third-order valence-corrected chi connectivity index (χ3v) is 3.08. The smallest absolute Gasteiger partial charge is 0.224 e. The van der Waals surface area contributed by atoms with Crippen LogP contribution in [0.3, 0.4) is 0 Å². The fraction of sp³-hybridized carbons (Fsp3) is 0.400. The number of aliphatic hydroxyl groups excluding tert-OH is 1. The first-order valence-electron chi connectivity index (χ1n) is 6.99. The first kappa shape index (κ1) is 15.2. The Morgan fingerprint density at radius 3 is 2.95 bits per heavy atom. The largest absolute Gasteiger partial charge is 0.387 e. The molecule has 0 spiro atoms. The first-order valence-corrected chi connectivity index (χ1v) is 6.99. The topological polar surface area (TPSA) is 80.0 Å². The average Bonchev–Trinajstić information content (AvgIpc) is 2.87. The Balaban J connectivity index is 1.76. The van der Waals surface area contributed by atoms with Crippen LogP contribution in [0.4, 0.5) is 5.69 Å². The SMILES string of the molecule is Cc1cccc(NC(=O)CCCn2cc(C(C)O)nn2)c1. The lowest BCUT2D eigenvalue weighted by Gasteiger charge is -2.06. The van der Waals surface area contributed by atoms with Gasteiger partial charge in [-0.1, -0.05) is 17.3 Å². The number of benzene rings is 1. The summed E-state index contributed by atoms with van der Waals surface area (Å²) in [6, 6.07) is 7.71.